The molecule has 1 saturated heterocycles. The normalized spacial score (nSPS) is 14.4. The molecule has 0 saturated carbocycles. The van der Waals surface area contributed by atoms with Gasteiger partial charge in [-0.3, -0.25) is 4.79 Å². The van der Waals surface area contributed by atoms with E-state index in [0.717, 1.165) is 42.5 Å². The molecule has 0 N–H and O–H groups in total. The third-order valence-corrected chi connectivity index (χ3v) is 5.47. The summed E-state index contributed by atoms with van der Waals surface area (Å²) in [6.45, 7) is 3.05. The van der Waals surface area contributed by atoms with Crippen LogP contribution in [0, 0.1) is 5.82 Å². The number of thioether (sulfide) groups is 1. The summed E-state index contributed by atoms with van der Waals surface area (Å²) in [5.41, 5.74) is 1.08. The van der Waals surface area contributed by atoms with Crippen LogP contribution in [0.4, 0.5) is 10.1 Å². The molecule has 4 nitrogen and oxygen atoms in total. The van der Waals surface area contributed by atoms with E-state index in [1.54, 1.807) is 31.0 Å². The number of rotatable bonds is 6. The molecule has 0 aliphatic carbocycles. The van der Waals surface area contributed by atoms with Crippen molar-refractivity contribution in [3.05, 3.63) is 54.3 Å². The van der Waals surface area contributed by atoms with Gasteiger partial charge < -0.3 is 14.5 Å². The highest BCUT2D eigenvalue weighted by atomic mass is 32.2. The Kier molecular flexibility index (Phi) is 6.39. The Morgan fingerprint density at radius 1 is 1.08 bits per heavy atom. The summed E-state index contributed by atoms with van der Waals surface area (Å²) >= 11 is 1.58. The zero-order valence-corrected chi connectivity index (χ0v) is 15.7. The average Bonchev–Trinajstić information content (AvgIpc) is 2.69. The molecular weight excluding hydrogens is 351 g/mol. The van der Waals surface area contributed by atoms with E-state index in [9.17, 15) is 9.18 Å². The maximum absolute atomic E-state index is 12.9. The van der Waals surface area contributed by atoms with E-state index in [1.807, 2.05) is 23.1 Å². The van der Waals surface area contributed by atoms with Crippen molar-refractivity contribution in [3.8, 4) is 5.75 Å². The minimum Gasteiger partial charge on any atom is -0.495 e. The first kappa shape index (κ1) is 18.6. The van der Waals surface area contributed by atoms with Crippen molar-refractivity contribution < 1.29 is 13.9 Å². The Morgan fingerprint density at radius 3 is 2.46 bits per heavy atom. The fraction of sp³-hybridized carbons (Fsp3) is 0.350. The molecule has 3 rings (SSSR count). The highest BCUT2D eigenvalue weighted by Crippen LogP contribution is 2.28. The summed E-state index contributed by atoms with van der Waals surface area (Å²) in [6, 6.07) is 14.4. The monoisotopic (exact) mass is 374 g/mol. The SMILES string of the molecule is COc1ccccc1N1CCN(C(=O)CCSc2ccc(F)cc2)CC1. The van der Waals surface area contributed by atoms with Gasteiger partial charge in [0.1, 0.15) is 11.6 Å². The molecule has 1 aliphatic heterocycles. The van der Waals surface area contributed by atoms with Crippen LogP contribution in [0.2, 0.25) is 0 Å². The number of amides is 1. The third kappa shape index (κ3) is 4.69. The lowest BCUT2D eigenvalue weighted by molar-refractivity contribution is -0.131. The number of carbonyl (C=O) groups excluding carboxylic acids is 1. The predicted octanol–water partition coefficient (Wildman–Crippen LogP) is 3.67. The van der Waals surface area contributed by atoms with Crippen LogP contribution in [0.25, 0.3) is 0 Å². The van der Waals surface area contributed by atoms with Gasteiger partial charge in [0.25, 0.3) is 0 Å². The molecule has 6 heteroatoms. The van der Waals surface area contributed by atoms with E-state index < -0.39 is 0 Å². The van der Waals surface area contributed by atoms with Crippen molar-refractivity contribution in [2.24, 2.45) is 0 Å². The molecule has 26 heavy (non-hydrogen) atoms. The number of hydrogen-bond donors (Lipinski definition) is 0. The summed E-state index contributed by atoms with van der Waals surface area (Å²) < 4.78 is 18.3. The summed E-state index contributed by atoms with van der Waals surface area (Å²) in [6.07, 6.45) is 0.497. The lowest BCUT2D eigenvalue weighted by atomic mass is 10.2. The number of carbonyl (C=O) groups is 1. The van der Waals surface area contributed by atoms with E-state index in [0.29, 0.717) is 12.2 Å². The first-order chi connectivity index (χ1) is 12.7. The number of methoxy groups -OCH3 is 1. The lowest BCUT2D eigenvalue weighted by Crippen LogP contribution is -2.49. The van der Waals surface area contributed by atoms with Crippen LogP contribution in [0.15, 0.2) is 53.4 Å². The molecule has 0 radical (unpaired) electrons. The second kappa shape index (κ2) is 8.94. The van der Waals surface area contributed by atoms with Crippen molar-refractivity contribution in [1.82, 2.24) is 4.90 Å². The van der Waals surface area contributed by atoms with Crippen molar-refractivity contribution in [3.63, 3.8) is 0 Å². The number of nitrogens with zero attached hydrogens (tertiary/aromatic N) is 2. The molecule has 0 aromatic heterocycles. The van der Waals surface area contributed by atoms with Crippen molar-refractivity contribution in [1.29, 1.82) is 0 Å². The largest absolute Gasteiger partial charge is 0.495 e. The van der Waals surface area contributed by atoms with Crippen molar-refractivity contribution >= 4 is 23.4 Å². The van der Waals surface area contributed by atoms with Crippen LogP contribution in [-0.2, 0) is 4.79 Å². The summed E-state index contributed by atoms with van der Waals surface area (Å²) in [4.78, 5) is 17.6. The Morgan fingerprint density at radius 2 is 1.77 bits per heavy atom. The smallest absolute Gasteiger partial charge is 0.223 e. The maximum atomic E-state index is 12.9. The summed E-state index contributed by atoms with van der Waals surface area (Å²) in [5.74, 6) is 1.51. The van der Waals surface area contributed by atoms with Gasteiger partial charge in [-0.15, -0.1) is 11.8 Å². The highest BCUT2D eigenvalue weighted by Gasteiger charge is 2.22. The Hall–Kier alpha value is -2.21. The molecule has 1 amide bonds. The van der Waals surface area contributed by atoms with Gasteiger partial charge in [0.05, 0.1) is 12.8 Å². The number of anilines is 1. The molecule has 0 unspecified atom stereocenters. The maximum Gasteiger partial charge on any atom is 0.223 e. The van der Waals surface area contributed by atoms with Crippen LogP contribution < -0.4 is 9.64 Å². The number of benzene rings is 2. The van der Waals surface area contributed by atoms with Crippen LogP contribution in [0.3, 0.4) is 0 Å². The van der Waals surface area contributed by atoms with Gasteiger partial charge in [0.2, 0.25) is 5.91 Å². The molecule has 0 spiro atoms. The predicted molar refractivity (Wildman–Crippen MR) is 104 cm³/mol. The van der Waals surface area contributed by atoms with Gasteiger partial charge in [-0.05, 0) is 36.4 Å². The number of ether oxygens (including phenoxy) is 1. The molecule has 2 aromatic carbocycles. The Labute approximate surface area is 157 Å². The Bertz CT molecular complexity index is 731. The van der Waals surface area contributed by atoms with Gasteiger partial charge in [0.15, 0.2) is 0 Å². The molecule has 0 bridgehead atoms. The van der Waals surface area contributed by atoms with Gasteiger partial charge in [-0.25, -0.2) is 4.39 Å². The zero-order chi connectivity index (χ0) is 18.4. The minimum atomic E-state index is -0.238. The quantitative estimate of drug-likeness (QED) is 0.723. The lowest BCUT2D eigenvalue weighted by Gasteiger charge is -2.36. The molecule has 1 aliphatic rings. The van der Waals surface area contributed by atoms with Gasteiger partial charge in [0, 0.05) is 43.2 Å². The summed E-state index contributed by atoms with van der Waals surface area (Å²) in [5, 5.41) is 0. The van der Waals surface area contributed by atoms with Crippen molar-refractivity contribution in [2.75, 3.05) is 43.9 Å². The molecule has 1 fully saturated rings. The van der Waals surface area contributed by atoms with E-state index in [2.05, 4.69) is 11.0 Å². The standard InChI is InChI=1S/C20H23FN2O2S/c1-25-19-5-3-2-4-18(19)22-11-13-23(14-12-22)20(24)10-15-26-17-8-6-16(21)7-9-17/h2-9H,10-15H2,1H3. The fourth-order valence-electron chi connectivity index (χ4n) is 3.03. The average molecular weight is 374 g/mol. The number of halogens is 1. The van der Waals surface area contributed by atoms with E-state index in [1.165, 1.54) is 12.1 Å². The van der Waals surface area contributed by atoms with Crippen LogP contribution in [-0.4, -0.2) is 49.8 Å². The topological polar surface area (TPSA) is 32.8 Å². The van der Waals surface area contributed by atoms with Crippen LogP contribution >= 0.6 is 11.8 Å². The second-order valence-electron chi connectivity index (χ2n) is 6.09. The van der Waals surface area contributed by atoms with Crippen molar-refractivity contribution in [2.45, 2.75) is 11.3 Å². The minimum absolute atomic E-state index is 0.180. The molecular formula is C20H23FN2O2S. The van der Waals surface area contributed by atoms with Crippen LogP contribution in [0.5, 0.6) is 5.75 Å². The Balaban J connectivity index is 1.45. The highest BCUT2D eigenvalue weighted by molar-refractivity contribution is 7.99. The van der Waals surface area contributed by atoms with E-state index in [-0.39, 0.29) is 11.7 Å². The van der Waals surface area contributed by atoms with E-state index in [4.69, 9.17) is 4.74 Å². The molecule has 138 valence electrons. The third-order valence-electron chi connectivity index (χ3n) is 4.46. The van der Waals surface area contributed by atoms with Crippen LogP contribution in [0.1, 0.15) is 6.42 Å². The second-order valence-corrected chi connectivity index (χ2v) is 7.26. The fourth-order valence-corrected chi connectivity index (χ4v) is 3.87. The van der Waals surface area contributed by atoms with E-state index >= 15 is 0 Å². The molecule has 2 aromatic rings. The first-order valence-corrected chi connectivity index (χ1v) is 9.70. The molecule has 1 heterocycles. The number of para-hydroxylation sites is 2. The zero-order valence-electron chi connectivity index (χ0n) is 14.9. The molecule has 0 atom stereocenters. The van der Waals surface area contributed by atoms with Gasteiger partial charge in [-0.2, -0.15) is 0 Å². The number of hydrogen-bond acceptors (Lipinski definition) is 4. The number of piperazine rings is 1. The summed E-state index contributed by atoms with van der Waals surface area (Å²) in [7, 11) is 1.68. The van der Waals surface area contributed by atoms with Gasteiger partial charge >= 0.3 is 0 Å². The first-order valence-electron chi connectivity index (χ1n) is 8.71. The van der Waals surface area contributed by atoms with Gasteiger partial charge in [-0.1, -0.05) is 12.1 Å².